The molecule has 0 bridgehead atoms. The average Bonchev–Trinajstić information content (AvgIpc) is 2.33. The third kappa shape index (κ3) is 2.38. The third-order valence-corrected chi connectivity index (χ3v) is 2.90. The summed E-state index contributed by atoms with van der Waals surface area (Å²) in [5, 5.41) is 0. The van der Waals surface area contributed by atoms with Crippen LogP contribution in [0.4, 0.5) is 0 Å². The van der Waals surface area contributed by atoms with Gasteiger partial charge in [0.2, 0.25) is 0 Å². The Morgan fingerprint density at radius 1 is 1.07 bits per heavy atom. The predicted octanol–water partition coefficient (Wildman–Crippen LogP) is 2.55. The quantitative estimate of drug-likeness (QED) is 0.505. The lowest BCUT2D eigenvalue weighted by Crippen LogP contribution is -2.36. The predicted molar refractivity (Wildman–Crippen MR) is 64.3 cm³/mol. The van der Waals surface area contributed by atoms with Crippen LogP contribution in [0.1, 0.15) is 24.8 Å². The van der Waals surface area contributed by atoms with Crippen LogP contribution < -0.4 is 0 Å². The molecule has 0 aliphatic carbocycles. The Morgan fingerprint density at radius 3 is 2.33 bits per heavy atom. The number of hydrogen-bond donors (Lipinski definition) is 0. The molecular formula is C13H18N2. The van der Waals surface area contributed by atoms with E-state index in [0.29, 0.717) is 0 Å². The molecule has 0 radical (unpaired) electrons. The average molecular weight is 202 g/mol. The van der Waals surface area contributed by atoms with Crippen molar-refractivity contribution in [3.05, 3.63) is 35.9 Å². The molecule has 1 saturated heterocycles. The fourth-order valence-corrected chi connectivity index (χ4v) is 2.15. The first-order valence-electron chi connectivity index (χ1n) is 5.69. The minimum atomic E-state index is 1.15. The van der Waals surface area contributed by atoms with Gasteiger partial charge in [0, 0.05) is 25.7 Å². The summed E-state index contributed by atoms with van der Waals surface area (Å²) in [7, 11) is 1.89. The summed E-state index contributed by atoms with van der Waals surface area (Å²) in [5.41, 5.74) is 1.24. The molecule has 1 aromatic carbocycles. The van der Waals surface area contributed by atoms with Gasteiger partial charge in [0.05, 0.1) is 0 Å². The van der Waals surface area contributed by atoms with Crippen molar-refractivity contribution in [1.82, 2.24) is 4.90 Å². The normalized spacial score (nSPS) is 17.9. The lowest BCUT2D eigenvalue weighted by Gasteiger charge is -2.29. The first-order chi connectivity index (χ1) is 7.42. The maximum absolute atomic E-state index is 4.42. The summed E-state index contributed by atoms with van der Waals surface area (Å²) >= 11 is 0. The molecule has 0 unspecified atom stereocenters. The molecule has 0 amide bonds. The topological polar surface area (TPSA) is 15.6 Å². The third-order valence-electron chi connectivity index (χ3n) is 2.90. The molecule has 1 aromatic rings. The summed E-state index contributed by atoms with van der Waals surface area (Å²) in [6.07, 6.45) is 3.96. The number of piperidine rings is 1. The Balaban J connectivity index is 2.17. The molecule has 0 spiro atoms. The molecule has 1 aliphatic heterocycles. The van der Waals surface area contributed by atoms with Gasteiger partial charge in [0.25, 0.3) is 0 Å². The molecule has 80 valence electrons. The van der Waals surface area contributed by atoms with Crippen molar-refractivity contribution in [2.24, 2.45) is 4.99 Å². The van der Waals surface area contributed by atoms with E-state index in [4.69, 9.17) is 0 Å². The fraction of sp³-hybridized carbons (Fsp3) is 0.462. The lowest BCUT2D eigenvalue weighted by molar-refractivity contribution is 0.342. The summed E-state index contributed by atoms with van der Waals surface area (Å²) in [4.78, 5) is 6.83. The van der Waals surface area contributed by atoms with Gasteiger partial charge in [-0.25, -0.2) is 0 Å². The maximum Gasteiger partial charge on any atom is 0.130 e. The number of aliphatic imine (C=N–C) groups is 1. The molecule has 0 atom stereocenters. The molecule has 15 heavy (non-hydrogen) atoms. The molecule has 1 fully saturated rings. The molecule has 2 heteroatoms. The van der Waals surface area contributed by atoms with Crippen LogP contribution in [-0.4, -0.2) is 30.9 Å². The second kappa shape index (κ2) is 4.96. The number of nitrogens with zero attached hydrogens (tertiary/aromatic N) is 2. The van der Waals surface area contributed by atoms with Gasteiger partial charge in [-0.2, -0.15) is 0 Å². The largest absolute Gasteiger partial charge is 0.356 e. The van der Waals surface area contributed by atoms with Crippen LogP contribution in [0.3, 0.4) is 0 Å². The van der Waals surface area contributed by atoms with E-state index in [1.807, 2.05) is 13.1 Å². The molecule has 2 nitrogen and oxygen atoms in total. The van der Waals surface area contributed by atoms with Gasteiger partial charge in [-0.3, -0.25) is 4.99 Å². The standard InChI is InChI=1S/C13H18N2/c1-14-13(12-8-4-2-5-9-12)15-10-6-3-7-11-15/h2,4-5,8-9H,3,6-7,10-11H2,1H3. The van der Waals surface area contributed by atoms with Gasteiger partial charge in [-0.15, -0.1) is 0 Å². The van der Waals surface area contributed by atoms with Crippen molar-refractivity contribution in [3.8, 4) is 0 Å². The van der Waals surface area contributed by atoms with Crippen molar-refractivity contribution in [2.75, 3.05) is 20.1 Å². The summed E-state index contributed by atoms with van der Waals surface area (Å²) < 4.78 is 0. The highest BCUT2D eigenvalue weighted by Gasteiger charge is 2.15. The highest BCUT2D eigenvalue weighted by Crippen LogP contribution is 2.13. The Hall–Kier alpha value is -1.31. The van der Waals surface area contributed by atoms with Gasteiger partial charge in [0.15, 0.2) is 0 Å². The number of rotatable bonds is 1. The summed E-state index contributed by atoms with van der Waals surface area (Å²) in [6.45, 7) is 2.31. The Morgan fingerprint density at radius 2 is 1.73 bits per heavy atom. The second-order valence-corrected chi connectivity index (χ2v) is 3.96. The van der Waals surface area contributed by atoms with Gasteiger partial charge in [-0.05, 0) is 19.3 Å². The molecule has 0 saturated carbocycles. The first-order valence-corrected chi connectivity index (χ1v) is 5.69. The molecular weight excluding hydrogens is 184 g/mol. The van der Waals surface area contributed by atoms with Gasteiger partial charge in [-0.1, -0.05) is 30.3 Å². The number of benzene rings is 1. The van der Waals surface area contributed by atoms with E-state index in [-0.39, 0.29) is 0 Å². The smallest absolute Gasteiger partial charge is 0.130 e. The monoisotopic (exact) mass is 202 g/mol. The van der Waals surface area contributed by atoms with Crippen LogP contribution >= 0.6 is 0 Å². The van der Waals surface area contributed by atoms with Crippen LogP contribution in [-0.2, 0) is 0 Å². The van der Waals surface area contributed by atoms with E-state index in [0.717, 1.165) is 18.9 Å². The Bertz CT molecular complexity index is 324. The molecule has 0 N–H and O–H groups in total. The lowest BCUT2D eigenvalue weighted by atomic mass is 10.1. The van der Waals surface area contributed by atoms with Crippen LogP contribution in [0.25, 0.3) is 0 Å². The maximum atomic E-state index is 4.42. The number of amidine groups is 1. The minimum absolute atomic E-state index is 1.15. The van der Waals surface area contributed by atoms with Crippen molar-refractivity contribution in [3.63, 3.8) is 0 Å². The highest BCUT2D eigenvalue weighted by molar-refractivity contribution is 5.98. The van der Waals surface area contributed by atoms with Crippen LogP contribution in [0.5, 0.6) is 0 Å². The zero-order valence-corrected chi connectivity index (χ0v) is 9.32. The van der Waals surface area contributed by atoms with E-state index in [2.05, 4.69) is 34.2 Å². The minimum Gasteiger partial charge on any atom is -0.356 e. The van der Waals surface area contributed by atoms with Crippen LogP contribution in [0, 0.1) is 0 Å². The van der Waals surface area contributed by atoms with E-state index in [9.17, 15) is 0 Å². The van der Waals surface area contributed by atoms with E-state index < -0.39 is 0 Å². The first kappa shape index (κ1) is 10.2. The molecule has 1 aliphatic rings. The molecule has 0 aromatic heterocycles. The van der Waals surface area contributed by atoms with Gasteiger partial charge < -0.3 is 4.90 Å². The molecule has 1 heterocycles. The van der Waals surface area contributed by atoms with Crippen molar-refractivity contribution in [2.45, 2.75) is 19.3 Å². The van der Waals surface area contributed by atoms with Crippen LogP contribution in [0.15, 0.2) is 35.3 Å². The summed E-state index contributed by atoms with van der Waals surface area (Å²) in [5.74, 6) is 1.15. The summed E-state index contributed by atoms with van der Waals surface area (Å²) in [6, 6.07) is 10.5. The van der Waals surface area contributed by atoms with E-state index in [1.165, 1.54) is 24.8 Å². The van der Waals surface area contributed by atoms with Crippen LogP contribution in [0.2, 0.25) is 0 Å². The zero-order chi connectivity index (χ0) is 10.5. The zero-order valence-electron chi connectivity index (χ0n) is 9.32. The fourth-order valence-electron chi connectivity index (χ4n) is 2.15. The van der Waals surface area contributed by atoms with Crippen molar-refractivity contribution >= 4 is 5.84 Å². The number of hydrogen-bond acceptors (Lipinski definition) is 1. The van der Waals surface area contributed by atoms with Gasteiger partial charge >= 0.3 is 0 Å². The Labute approximate surface area is 91.6 Å². The van der Waals surface area contributed by atoms with E-state index >= 15 is 0 Å². The van der Waals surface area contributed by atoms with Crippen molar-refractivity contribution < 1.29 is 0 Å². The van der Waals surface area contributed by atoms with Gasteiger partial charge in [0.1, 0.15) is 5.84 Å². The highest BCUT2D eigenvalue weighted by atomic mass is 15.2. The Kier molecular flexibility index (Phi) is 3.38. The van der Waals surface area contributed by atoms with Crippen molar-refractivity contribution in [1.29, 1.82) is 0 Å². The molecule has 2 rings (SSSR count). The van der Waals surface area contributed by atoms with E-state index in [1.54, 1.807) is 0 Å². The SMILES string of the molecule is CN=C(c1ccccc1)N1CCCCC1. The second-order valence-electron chi connectivity index (χ2n) is 3.96. The number of likely N-dealkylation sites (tertiary alicyclic amines) is 1.